The Morgan fingerprint density at radius 1 is 0.968 bits per heavy atom. The summed E-state index contributed by atoms with van der Waals surface area (Å²) in [5, 5.41) is 12.3. The van der Waals surface area contributed by atoms with Crippen molar-refractivity contribution in [3.63, 3.8) is 0 Å². The average molecular weight is 460 g/mol. The van der Waals surface area contributed by atoms with Gasteiger partial charge in [0.15, 0.2) is 5.82 Å². The highest BCUT2D eigenvalue weighted by Crippen LogP contribution is 2.33. The molecule has 31 heavy (non-hydrogen) atoms. The maximum atomic E-state index is 6.10. The van der Waals surface area contributed by atoms with Gasteiger partial charge in [-0.05, 0) is 30.3 Å². The molecule has 0 aliphatic heterocycles. The number of hydrogen-bond acceptors (Lipinski definition) is 9. The molecule has 11 heteroatoms. The summed E-state index contributed by atoms with van der Waals surface area (Å²) in [7, 11) is 4.75. The Morgan fingerprint density at radius 2 is 1.81 bits per heavy atom. The molecule has 0 unspecified atom stereocenters. The normalized spacial score (nSPS) is 10.8. The van der Waals surface area contributed by atoms with Crippen LogP contribution in [-0.4, -0.2) is 46.7 Å². The highest BCUT2D eigenvalue weighted by atomic mass is 35.5. The van der Waals surface area contributed by atoms with Crippen molar-refractivity contribution in [2.24, 2.45) is 0 Å². The summed E-state index contributed by atoms with van der Waals surface area (Å²) in [6.07, 6.45) is 0. The number of methoxy groups -OCH3 is 3. The van der Waals surface area contributed by atoms with E-state index in [1.165, 1.54) is 11.8 Å². The predicted molar refractivity (Wildman–Crippen MR) is 116 cm³/mol. The molecular weight excluding hydrogens is 442 g/mol. The number of aromatic amines is 1. The molecule has 0 saturated carbocycles. The lowest BCUT2D eigenvalue weighted by Gasteiger charge is -2.07. The van der Waals surface area contributed by atoms with Gasteiger partial charge >= 0.3 is 0 Å². The van der Waals surface area contributed by atoms with E-state index in [2.05, 4.69) is 25.3 Å². The molecule has 0 atom stereocenters. The van der Waals surface area contributed by atoms with E-state index >= 15 is 0 Å². The first-order chi connectivity index (χ1) is 15.1. The van der Waals surface area contributed by atoms with Crippen LogP contribution in [0.4, 0.5) is 0 Å². The molecule has 0 amide bonds. The van der Waals surface area contributed by atoms with Crippen LogP contribution in [-0.2, 0) is 5.75 Å². The van der Waals surface area contributed by atoms with Gasteiger partial charge in [0, 0.05) is 11.1 Å². The Morgan fingerprint density at radius 3 is 2.58 bits per heavy atom. The molecule has 0 aliphatic carbocycles. The van der Waals surface area contributed by atoms with Crippen LogP contribution in [0.2, 0.25) is 5.02 Å². The minimum atomic E-state index is 0.398. The van der Waals surface area contributed by atoms with Crippen LogP contribution in [0.25, 0.3) is 22.8 Å². The van der Waals surface area contributed by atoms with Crippen LogP contribution >= 0.6 is 23.4 Å². The highest BCUT2D eigenvalue weighted by Gasteiger charge is 2.16. The number of halogens is 1. The van der Waals surface area contributed by atoms with Gasteiger partial charge in [-0.25, -0.2) is 4.98 Å². The maximum absolute atomic E-state index is 6.10. The summed E-state index contributed by atoms with van der Waals surface area (Å²) in [6, 6.07) is 10.7. The number of ether oxygens (including phenoxy) is 3. The molecule has 0 aliphatic rings. The van der Waals surface area contributed by atoms with Crippen molar-refractivity contribution in [1.29, 1.82) is 0 Å². The van der Waals surface area contributed by atoms with Gasteiger partial charge in [-0.15, -0.1) is 5.10 Å². The minimum Gasteiger partial charge on any atom is -0.497 e. The van der Waals surface area contributed by atoms with E-state index in [1.807, 2.05) is 12.1 Å². The molecule has 4 rings (SSSR count). The second-order valence-corrected chi connectivity index (χ2v) is 7.56. The zero-order chi connectivity index (χ0) is 21.8. The third kappa shape index (κ3) is 4.59. The van der Waals surface area contributed by atoms with Gasteiger partial charge in [0.05, 0.1) is 38.2 Å². The fraction of sp³-hybridized carbons (Fsp3) is 0.200. The zero-order valence-electron chi connectivity index (χ0n) is 16.9. The Bertz CT molecular complexity index is 1200. The molecule has 0 radical (unpaired) electrons. The van der Waals surface area contributed by atoms with Crippen molar-refractivity contribution in [2.45, 2.75) is 10.9 Å². The van der Waals surface area contributed by atoms with Gasteiger partial charge in [0.2, 0.25) is 16.9 Å². The Labute approximate surface area is 187 Å². The van der Waals surface area contributed by atoms with Crippen molar-refractivity contribution in [3.05, 3.63) is 47.3 Å². The summed E-state index contributed by atoms with van der Waals surface area (Å²) in [6.45, 7) is 0. The van der Waals surface area contributed by atoms with E-state index < -0.39 is 0 Å². The van der Waals surface area contributed by atoms with Crippen LogP contribution in [0.3, 0.4) is 0 Å². The summed E-state index contributed by atoms with van der Waals surface area (Å²) >= 11 is 7.45. The Hall–Kier alpha value is -3.24. The predicted octanol–water partition coefficient (Wildman–Crippen LogP) is 4.49. The van der Waals surface area contributed by atoms with E-state index in [0.29, 0.717) is 56.3 Å². The number of aromatic nitrogens is 5. The van der Waals surface area contributed by atoms with E-state index in [9.17, 15) is 0 Å². The molecular formula is C20H18ClN5O4S. The lowest BCUT2D eigenvalue weighted by Crippen LogP contribution is -1.91. The molecule has 2 heterocycles. The number of H-pyrrole nitrogens is 1. The van der Waals surface area contributed by atoms with E-state index in [0.717, 1.165) is 5.56 Å². The molecule has 1 N–H and O–H groups in total. The fourth-order valence-electron chi connectivity index (χ4n) is 2.83. The van der Waals surface area contributed by atoms with Gasteiger partial charge in [-0.2, -0.15) is 4.98 Å². The summed E-state index contributed by atoms with van der Waals surface area (Å²) < 4.78 is 21.4. The SMILES string of the molecule is COc1ccc(-c2noc(CSc3n[nH]c(-c4cc(Cl)ccc4OC)n3)n2)c(OC)c1. The van der Waals surface area contributed by atoms with Gasteiger partial charge < -0.3 is 18.7 Å². The number of thioether (sulfide) groups is 1. The highest BCUT2D eigenvalue weighted by molar-refractivity contribution is 7.98. The van der Waals surface area contributed by atoms with Gasteiger partial charge in [0.1, 0.15) is 17.2 Å². The molecule has 9 nitrogen and oxygen atoms in total. The number of hydrogen-bond donors (Lipinski definition) is 1. The number of benzene rings is 2. The topological polar surface area (TPSA) is 108 Å². The quantitative estimate of drug-likeness (QED) is 0.381. The third-order valence-electron chi connectivity index (χ3n) is 4.32. The first-order valence-electron chi connectivity index (χ1n) is 9.05. The smallest absolute Gasteiger partial charge is 0.237 e. The average Bonchev–Trinajstić information content (AvgIpc) is 3.47. The monoisotopic (exact) mass is 459 g/mol. The lowest BCUT2D eigenvalue weighted by atomic mass is 10.2. The Balaban J connectivity index is 1.47. The molecule has 2 aromatic heterocycles. The summed E-state index contributed by atoms with van der Waals surface area (Å²) in [5.41, 5.74) is 1.43. The van der Waals surface area contributed by atoms with Gasteiger partial charge in [-0.3, -0.25) is 5.10 Å². The van der Waals surface area contributed by atoms with Crippen molar-refractivity contribution in [3.8, 4) is 40.0 Å². The maximum Gasteiger partial charge on any atom is 0.237 e. The first kappa shape index (κ1) is 21.0. The molecule has 0 bridgehead atoms. The standard InChI is InChI=1S/C20H18ClN5O4S/c1-27-12-5-6-13(16(9-12)29-3)19-22-17(30-26-19)10-31-20-23-18(24-25-20)14-8-11(21)4-7-15(14)28-2/h4-9H,10H2,1-3H3,(H,23,24,25). The molecule has 160 valence electrons. The molecule has 0 spiro atoms. The van der Waals surface area contributed by atoms with Crippen LogP contribution in [0.1, 0.15) is 5.89 Å². The van der Waals surface area contributed by atoms with Crippen LogP contribution in [0.5, 0.6) is 17.2 Å². The lowest BCUT2D eigenvalue weighted by molar-refractivity contribution is 0.388. The van der Waals surface area contributed by atoms with Crippen LogP contribution in [0.15, 0.2) is 46.1 Å². The number of rotatable bonds is 8. The minimum absolute atomic E-state index is 0.398. The van der Waals surface area contributed by atoms with Gasteiger partial charge in [-0.1, -0.05) is 28.5 Å². The zero-order valence-corrected chi connectivity index (χ0v) is 18.5. The van der Waals surface area contributed by atoms with Gasteiger partial charge in [0.25, 0.3) is 0 Å². The third-order valence-corrected chi connectivity index (χ3v) is 5.39. The van der Waals surface area contributed by atoms with Crippen molar-refractivity contribution in [2.75, 3.05) is 21.3 Å². The van der Waals surface area contributed by atoms with E-state index in [1.54, 1.807) is 45.6 Å². The second-order valence-electron chi connectivity index (χ2n) is 6.18. The number of nitrogens with one attached hydrogen (secondary N) is 1. The fourth-order valence-corrected chi connectivity index (χ4v) is 3.64. The molecule has 4 aromatic rings. The van der Waals surface area contributed by atoms with Crippen molar-refractivity contribution >= 4 is 23.4 Å². The van der Waals surface area contributed by atoms with E-state index in [-0.39, 0.29) is 0 Å². The van der Waals surface area contributed by atoms with Crippen LogP contribution < -0.4 is 14.2 Å². The Kier molecular flexibility index (Phi) is 6.28. The van der Waals surface area contributed by atoms with E-state index in [4.69, 9.17) is 30.3 Å². The summed E-state index contributed by atoms with van der Waals surface area (Å²) in [5.74, 6) is 3.72. The van der Waals surface area contributed by atoms with Crippen LogP contribution in [0, 0.1) is 0 Å². The number of nitrogens with zero attached hydrogens (tertiary/aromatic N) is 4. The second kappa shape index (κ2) is 9.27. The molecule has 0 saturated heterocycles. The first-order valence-corrected chi connectivity index (χ1v) is 10.4. The summed E-state index contributed by atoms with van der Waals surface area (Å²) in [4.78, 5) is 8.93. The van der Waals surface area contributed by atoms with Crippen molar-refractivity contribution < 1.29 is 18.7 Å². The largest absolute Gasteiger partial charge is 0.497 e. The molecule has 2 aromatic carbocycles. The van der Waals surface area contributed by atoms with Crippen molar-refractivity contribution in [1.82, 2.24) is 25.3 Å². The molecule has 0 fully saturated rings.